The molecule has 1 aromatic carbocycles. The van der Waals surface area contributed by atoms with Gasteiger partial charge in [-0.25, -0.2) is 4.39 Å². The van der Waals surface area contributed by atoms with Crippen molar-refractivity contribution in [2.24, 2.45) is 0 Å². The first-order chi connectivity index (χ1) is 6.75. The van der Waals surface area contributed by atoms with E-state index in [2.05, 4.69) is 11.2 Å². The largest absolute Gasteiger partial charge is 0.382 e. The zero-order valence-corrected chi connectivity index (χ0v) is 8.31. The number of hydrogen-bond donors (Lipinski definition) is 1. The van der Waals surface area contributed by atoms with E-state index in [0.29, 0.717) is 12.2 Å². The molecule has 0 aliphatic heterocycles. The van der Waals surface area contributed by atoms with Gasteiger partial charge in [-0.1, -0.05) is 12.1 Å². The maximum absolute atomic E-state index is 13.3. The van der Waals surface area contributed by atoms with Gasteiger partial charge in [-0.3, -0.25) is 0 Å². The Morgan fingerprint density at radius 3 is 2.93 bits per heavy atom. The number of halogens is 1. The minimum absolute atomic E-state index is 0.203. The van der Waals surface area contributed by atoms with Crippen molar-refractivity contribution in [3.8, 4) is 12.3 Å². The van der Waals surface area contributed by atoms with Crippen molar-refractivity contribution >= 4 is 5.69 Å². The molecule has 74 valence electrons. The first-order valence-electron chi connectivity index (χ1n) is 4.68. The molecule has 1 N–H and O–H groups in total. The summed E-state index contributed by atoms with van der Waals surface area (Å²) in [6.45, 7) is 2.60. The van der Waals surface area contributed by atoms with Crippen molar-refractivity contribution in [1.82, 2.24) is 0 Å². The molecular weight excluding hydrogens is 177 g/mol. The first-order valence-corrected chi connectivity index (χ1v) is 4.68. The average Bonchev–Trinajstić information content (AvgIpc) is 2.16. The Morgan fingerprint density at radius 2 is 2.29 bits per heavy atom. The van der Waals surface area contributed by atoms with Crippen LogP contribution in [0.3, 0.4) is 0 Å². The van der Waals surface area contributed by atoms with Crippen LogP contribution in [-0.4, -0.2) is 6.54 Å². The maximum Gasteiger partial charge on any atom is 0.146 e. The van der Waals surface area contributed by atoms with Gasteiger partial charge in [0.15, 0.2) is 0 Å². The Bertz CT molecular complexity index is 318. The number of unbranched alkanes of at least 4 members (excludes halogenated alkanes) is 1. The second-order valence-electron chi connectivity index (χ2n) is 3.17. The van der Waals surface area contributed by atoms with E-state index in [0.717, 1.165) is 18.4 Å². The fourth-order valence-corrected chi connectivity index (χ4v) is 1.26. The van der Waals surface area contributed by atoms with Gasteiger partial charge in [0.25, 0.3) is 0 Å². The normalized spacial score (nSPS) is 9.50. The number of para-hydroxylation sites is 1. The summed E-state index contributed by atoms with van der Waals surface area (Å²) < 4.78 is 13.3. The highest BCUT2D eigenvalue weighted by Crippen LogP contribution is 2.18. The smallest absolute Gasteiger partial charge is 0.146 e. The third kappa shape index (κ3) is 2.77. The second kappa shape index (κ2) is 5.29. The molecule has 0 aliphatic rings. The van der Waals surface area contributed by atoms with Crippen LogP contribution in [0.25, 0.3) is 0 Å². The van der Waals surface area contributed by atoms with Gasteiger partial charge in [0.1, 0.15) is 5.82 Å². The molecule has 0 aromatic heterocycles. The van der Waals surface area contributed by atoms with Gasteiger partial charge in [0.05, 0.1) is 5.69 Å². The van der Waals surface area contributed by atoms with Crippen LogP contribution in [0.15, 0.2) is 18.2 Å². The summed E-state index contributed by atoms with van der Waals surface area (Å²) in [4.78, 5) is 0. The van der Waals surface area contributed by atoms with Crippen LogP contribution in [0.1, 0.15) is 18.4 Å². The molecule has 1 nitrogen and oxygen atoms in total. The number of benzene rings is 1. The summed E-state index contributed by atoms with van der Waals surface area (Å²) in [5.74, 6) is 2.35. The van der Waals surface area contributed by atoms with Gasteiger partial charge < -0.3 is 5.32 Å². The molecule has 0 atom stereocenters. The molecule has 1 rings (SSSR count). The Kier molecular flexibility index (Phi) is 4.00. The molecule has 0 bridgehead atoms. The highest BCUT2D eigenvalue weighted by atomic mass is 19.1. The highest BCUT2D eigenvalue weighted by molar-refractivity contribution is 5.51. The Hall–Kier alpha value is -1.49. The van der Waals surface area contributed by atoms with E-state index < -0.39 is 0 Å². The molecule has 0 radical (unpaired) electrons. The van der Waals surface area contributed by atoms with E-state index in [4.69, 9.17) is 6.42 Å². The summed E-state index contributed by atoms with van der Waals surface area (Å²) >= 11 is 0. The SMILES string of the molecule is C#CCCCNc1c(C)cccc1F. The summed E-state index contributed by atoms with van der Waals surface area (Å²) in [6, 6.07) is 5.04. The number of terminal acetylenes is 1. The monoisotopic (exact) mass is 191 g/mol. The van der Waals surface area contributed by atoms with E-state index in [9.17, 15) is 4.39 Å². The number of rotatable bonds is 4. The summed E-state index contributed by atoms with van der Waals surface area (Å²) in [5.41, 5.74) is 1.51. The topological polar surface area (TPSA) is 12.0 Å². The van der Waals surface area contributed by atoms with Crippen molar-refractivity contribution in [2.75, 3.05) is 11.9 Å². The number of nitrogens with one attached hydrogen (secondary N) is 1. The van der Waals surface area contributed by atoms with E-state index in [1.54, 1.807) is 6.07 Å². The standard InChI is InChI=1S/C12H14FN/c1-3-4-5-9-14-12-10(2)7-6-8-11(12)13/h1,6-8,14H,4-5,9H2,2H3. The minimum Gasteiger partial charge on any atom is -0.382 e. The predicted molar refractivity (Wildman–Crippen MR) is 57.7 cm³/mol. The number of anilines is 1. The molecule has 0 aliphatic carbocycles. The third-order valence-corrected chi connectivity index (χ3v) is 2.02. The van der Waals surface area contributed by atoms with Crippen molar-refractivity contribution in [2.45, 2.75) is 19.8 Å². The molecule has 0 amide bonds. The van der Waals surface area contributed by atoms with Gasteiger partial charge in [0, 0.05) is 13.0 Å². The fourth-order valence-electron chi connectivity index (χ4n) is 1.26. The quantitative estimate of drug-likeness (QED) is 0.570. The lowest BCUT2D eigenvalue weighted by Crippen LogP contribution is -2.04. The van der Waals surface area contributed by atoms with Gasteiger partial charge in [-0.05, 0) is 25.0 Å². The van der Waals surface area contributed by atoms with Crippen LogP contribution in [0.4, 0.5) is 10.1 Å². The zero-order chi connectivity index (χ0) is 10.4. The molecule has 0 unspecified atom stereocenters. The van der Waals surface area contributed by atoms with E-state index in [1.807, 2.05) is 13.0 Å². The van der Waals surface area contributed by atoms with Gasteiger partial charge in [-0.2, -0.15) is 0 Å². The molecule has 0 spiro atoms. The predicted octanol–water partition coefficient (Wildman–Crippen LogP) is 2.96. The van der Waals surface area contributed by atoms with Crippen LogP contribution in [0, 0.1) is 25.1 Å². The Balaban J connectivity index is 2.54. The van der Waals surface area contributed by atoms with E-state index in [1.165, 1.54) is 6.07 Å². The molecule has 2 heteroatoms. The number of aryl methyl sites for hydroxylation is 1. The van der Waals surface area contributed by atoms with E-state index >= 15 is 0 Å². The molecular formula is C12H14FN. The van der Waals surface area contributed by atoms with Crippen molar-refractivity contribution < 1.29 is 4.39 Å². The fraction of sp³-hybridized carbons (Fsp3) is 0.333. The lowest BCUT2D eigenvalue weighted by Gasteiger charge is -2.09. The lowest BCUT2D eigenvalue weighted by molar-refractivity contribution is 0.628. The van der Waals surface area contributed by atoms with Gasteiger partial charge in [0.2, 0.25) is 0 Å². The lowest BCUT2D eigenvalue weighted by atomic mass is 10.2. The number of hydrogen-bond acceptors (Lipinski definition) is 1. The van der Waals surface area contributed by atoms with Crippen LogP contribution >= 0.6 is 0 Å². The maximum atomic E-state index is 13.3. The van der Waals surface area contributed by atoms with Gasteiger partial charge >= 0.3 is 0 Å². The summed E-state index contributed by atoms with van der Waals surface area (Å²) in [6.07, 6.45) is 6.70. The van der Waals surface area contributed by atoms with Crippen LogP contribution in [0.5, 0.6) is 0 Å². The van der Waals surface area contributed by atoms with Gasteiger partial charge in [-0.15, -0.1) is 12.3 Å². The third-order valence-electron chi connectivity index (χ3n) is 2.02. The second-order valence-corrected chi connectivity index (χ2v) is 3.17. The average molecular weight is 191 g/mol. The highest BCUT2D eigenvalue weighted by Gasteiger charge is 2.02. The van der Waals surface area contributed by atoms with Crippen LogP contribution < -0.4 is 5.32 Å². The molecule has 14 heavy (non-hydrogen) atoms. The Morgan fingerprint density at radius 1 is 1.50 bits per heavy atom. The summed E-state index contributed by atoms with van der Waals surface area (Å²) in [7, 11) is 0. The molecule has 1 aromatic rings. The molecule has 0 heterocycles. The first kappa shape index (κ1) is 10.6. The summed E-state index contributed by atoms with van der Waals surface area (Å²) in [5, 5.41) is 3.05. The molecule has 0 fully saturated rings. The minimum atomic E-state index is -0.203. The van der Waals surface area contributed by atoms with Crippen LogP contribution in [-0.2, 0) is 0 Å². The molecule has 0 saturated heterocycles. The molecule has 0 saturated carbocycles. The van der Waals surface area contributed by atoms with Crippen LogP contribution in [0.2, 0.25) is 0 Å². The Labute approximate surface area is 84.3 Å². The van der Waals surface area contributed by atoms with Crippen molar-refractivity contribution in [3.05, 3.63) is 29.6 Å². The van der Waals surface area contributed by atoms with E-state index in [-0.39, 0.29) is 5.82 Å². The zero-order valence-electron chi connectivity index (χ0n) is 8.31. The van der Waals surface area contributed by atoms with Crippen molar-refractivity contribution in [3.63, 3.8) is 0 Å². The van der Waals surface area contributed by atoms with Crippen molar-refractivity contribution in [1.29, 1.82) is 0 Å².